The van der Waals surface area contributed by atoms with E-state index in [9.17, 15) is 4.79 Å². The van der Waals surface area contributed by atoms with Gasteiger partial charge in [-0.1, -0.05) is 24.1 Å². The Morgan fingerprint density at radius 2 is 2.18 bits per heavy atom. The van der Waals surface area contributed by atoms with Crippen molar-refractivity contribution < 1.29 is 9.53 Å². The smallest absolute Gasteiger partial charge is 0.260 e. The highest BCUT2D eigenvalue weighted by atomic mass is 35.5. The van der Waals surface area contributed by atoms with Crippen LogP contribution in [0.15, 0.2) is 24.3 Å². The van der Waals surface area contributed by atoms with E-state index in [1.807, 2.05) is 17.0 Å². The molecule has 0 N–H and O–H groups in total. The molecule has 0 radical (unpaired) electrons. The summed E-state index contributed by atoms with van der Waals surface area (Å²) in [6.07, 6.45) is 3.90. The Morgan fingerprint density at radius 3 is 2.91 bits per heavy atom. The third-order valence-electron chi connectivity index (χ3n) is 4.70. The fourth-order valence-corrected chi connectivity index (χ4v) is 3.50. The average molecular weight is 323 g/mol. The molecule has 0 saturated carbocycles. The van der Waals surface area contributed by atoms with Gasteiger partial charge in [0.2, 0.25) is 0 Å². The lowest BCUT2D eigenvalue weighted by atomic mass is 9.97. The number of hydrogen-bond acceptors (Lipinski definition) is 3. The van der Waals surface area contributed by atoms with Gasteiger partial charge in [0.1, 0.15) is 5.75 Å². The van der Waals surface area contributed by atoms with Crippen molar-refractivity contribution in [1.29, 1.82) is 0 Å². The van der Waals surface area contributed by atoms with Crippen molar-refractivity contribution in [3.05, 3.63) is 29.3 Å². The van der Waals surface area contributed by atoms with E-state index >= 15 is 0 Å². The van der Waals surface area contributed by atoms with Gasteiger partial charge in [-0.2, -0.15) is 0 Å². The maximum atomic E-state index is 12.1. The zero-order chi connectivity index (χ0) is 15.5. The first kappa shape index (κ1) is 15.6. The van der Waals surface area contributed by atoms with Crippen molar-refractivity contribution in [2.45, 2.75) is 38.3 Å². The number of likely N-dealkylation sites (tertiary alicyclic amines) is 2. The zero-order valence-electron chi connectivity index (χ0n) is 13.0. The number of benzene rings is 1. The van der Waals surface area contributed by atoms with E-state index in [1.165, 1.54) is 25.8 Å². The van der Waals surface area contributed by atoms with Gasteiger partial charge in [-0.25, -0.2) is 0 Å². The van der Waals surface area contributed by atoms with Gasteiger partial charge in [-0.05, 0) is 44.5 Å². The molecule has 0 aliphatic carbocycles. The molecule has 1 aromatic carbocycles. The minimum Gasteiger partial charge on any atom is -0.484 e. The Bertz CT molecular complexity index is 531. The summed E-state index contributed by atoms with van der Waals surface area (Å²) in [7, 11) is 0. The van der Waals surface area contributed by atoms with Crippen molar-refractivity contribution in [3.8, 4) is 5.75 Å². The summed E-state index contributed by atoms with van der Waals surface area (Å²) in [5, 5.41) is 0.619. The summed E-state index contributed by atoms with van der Waals surface area (Å²) >= 11 is 5.90. The molecule has 2 aliphatic rings. The minimum absolute atomic E-state index is 0.0564. The largest absolute Gasteiger partial charge is 0.484 e. The quantitative estimate of drug-likeness (QED) is 0.854. The zero-order valence-corrected chi connectivity index (χ0v) is 13.8. The fourth-order valence-electron chi connectivity index (χ4n) is 3.32. The SMILES string of the molecule is C[C@@H]1CCCCN1C1CN(C(=O)COc2cccc(Cl)c2)C1. The molecule has 3 rings (SSSR count). The first-order valence-corrected chi connectivity index (χ1v) is 8.43. The van der Waals surface area contributed by atoms with Crippen LogP contribution in [0.2, 0.25) is 5.02 Å². The van der Waals surface area contributed by atoms with Gasteiger partial charge in [0.25, 0.3) is 5.91 Å². The van der Waals surface area contributed by atoms with E-state index in [4.69, 9.17) is 16.3 Å². The summed E-state index contributed by atoms with van der Waals surface area (Å²) < 4.78 is 5.52. The molecule has 0 unspecified atom stereocenters. The maximum absolute atomic E-state index is 12.1. The van der Waals surface area contributed by atoms with E-state index < -0.39 is 0 Å². The van der Waals surface area contributed by atoms with Crippen LogP contribution >= 0.6 is 11.6 Å². The average Bonchev–Trinajstić information content (AvgIpc) is 2.46. The summed E-state index contributed by atoms with van der Waals surface area (Å²) in [6.45, 7) is 5.23. The first-order valence-electron chi connectivity index (χ1n) is 8.05. The number of carbonyl (C=O) groups excluding carboxylic acids is 1. The Labute approximate surface area is 137 Å². The predicted octanol–water partition coefficient (Wildman–Crippen LogP) is 2.80. The normalized spacial score (nSPS) is 23.2. The Hall–Kier alpha value is -1.26. The van der Waals surface area contributed by atoms with Crippen LogP contribution in [0.1, 0.15) is 26.2 Å². The molecule has 0 bridgehead atoms. The van der Waals surface area contributed by atoms with E-state index in [1.54, 1.807) is 12.1 Å². The molecule has 1 amide bonds. The summed E-state index contributed by atoms with van der Waals surface area (Å²) in [5.74, 6) is 0.698. The number of halogens is 1. The highest BCUT2D eigenvalue weighted by molar-refractivity contribution is 6.30. The molecule has 4 nitrogen and oxygen atoms in total. The van der Waals surface area contributed by atoms with E-state index in [2.05, 4.69) is 11.8 Å². The number of amides is 1. The third kappa shape index (κ3) is 3.55. The van der Waals surface area contributed by atoms with Gasteiger partial charge in [0.05, 0.1) is 0 Å². The number of piperidine rings is 1. The second-order valence-electron chi connectivity index (χ2n) is 6.28. The maximum Gasteiger partial charge on any atom is 0.260 e. The molecule has 2 fully saturated rings. The van der Waals surface area contributed by atoms with Crippen molar-refractivity contribution in [3.63, 3.8) is 0 Å². The Morgan fingerprint density at radius 1 is 1.36 bits per heavy atom. The topological polar surface area (TPSA) is 32.8 Å². The van der Waals surface area contributed by atoms with Crippen molar-refractivity contribution in [2.75, 3.05) is 26.2 Å². The Balaban J connectivity index is 1.43. The van der Waals surface area contributed by atoms with E-state index in [0.29, 0.717) is 22.9 Å². The second-order valence-corrected chi connectivity index (χ2v) is 6.72. The van der Waals surface area contributed by atoms with Crippen molar-refractivity contribution in [2.24, 2.45) is 0 Å². The fraction of sp³-hybridized carbons (Fsp3) is 0.588. The van der Waals surface area contributed by atoms with Crippen LogP contribution in [0, 0.1) is 0 Å². The van der Waals surface area contributed by atoms with Gasteiger partial charge < -0.3 is 9.64 Å². The molecule has 120 valence electrons. The lowest BCUT2D eigenvalue weighted by Gasteiger charge is -2.49. The number of carbonyl (C=O) groups is 1. The highest BCUT2D eigenvalue weighted by Crippen LogP contribution is 2.24. The van der Waals surface area contributed by atoms with E-state index in [0.717, 1.165) is 13.1 Å². The predicted molar refractivity (Wildman–Crippen MR) is 87.3 cm³/mol. The van der Waals surface area contributed by atoms with Crippen molar-refractivity contribution in [1.82, 2.24) is 9.80 Å². The monoisotopic (exact) mass is 322 g/mol. The molecule has 1 aromatic rings. The van der Waals surface area contributed by atoms with Crippen molar-refractivity contribution >= 4 is 17.5 Å². The molecular weight excluding hydrogens is 300 g/mol. The summed E-state index contributed by atoms with van der Waals surface area (Å²) in [6, 6.07) is 8.33. The second kappa shape index (κ2) is 6.88. The molecule has 2 saturated heterocycles. The highest BCUT2D eigenvalue weighted by Gasteiger charge is 2.37. The number of rotatable bonds is 4. The van der Waals surface area contributed by atoms with Gasteiger partial charge in [0, 0.05) is 30.2 Å². The van der Waals surface area contributed by atoms with Crippen LogP contribution in [0.4, 0.5) is 0 Å². The van der Waals surface area contributed by atoms with Gasteiger partial charge in [-0.15, -0.1) is 0 Å². The summed E-state index contributed by atoms with van der Waals surface area (Å²) in [5.41, 5.74) is 0. The van der Waals surface area contributed by atoms with Crippen LogP contribution in [0.3, 0.4) is 0 Å². The van der Waals surface area contributed by atoms with Crippen LogP contribution in [-0.2, 0) is 4.79 Å². The molecule has 2 aliphatic heterocycles. The van der Waals surface area contributed by atoms with Gasteiger partial charge >= 0.3 is 0 Å². The molecule has 0 aromatic heterocycles. The van der Waals surface area contributed by atoms with E-state index in [-0.39, 0.29) is 12.5 Å². The number of nitrogens with zero attached hydrogens (tertiary/aromatic N) is 2. The number of hydrogen-bond donors (Lipinski definition) is 0. The lowest BCUT2D eigenvalue weighted by molar-refractivity contribution is -0.142. The first-order chi connectivity index (χ1) is 10.6. The summed E-state index contributed by atoms with van der Waals surface area (Å²) in [4.78, 5) is 16.6. The van der Waals surface area contributed by atoms with Crippen LogP contribution < -0.4 is 4.74 Å². The molecule has 0 spiro atoms. The van der Waals surface area contributed by atoms with Gasteiger partial charge in [-0.3, -0.25) is 9.69 Å². The molecule has 5 heteroatoms. The molecule has 22 heavy (non-hydrogen) atoms. The van der Waals surface area contributed by atoms with Crippen LogP contribution in [-0.4, -0.2) is 54.0 Å². The lowest BCUT2D eigenvalue weighted by Crippen LogP contribution is -2.64. The Kier molecular flexibility index (Phi) is 4.89. The third-order valence-corrected chi connectivity index (χ3v) is 4.93. The number of ether oxygens (including phenoxy) is 1. The minimum atomic E-state index is 0.0564. The van der Waals surface area contributed by atoms with Gasteiger partial charge in [0.15, 0.2) is 6.61 Å². The van der Waals surface area contributed by atoms with Crippen LogP contribution in [0.5, 0.6) is 5.75 Å². The molecular formula is C17H23ClN2O2. The molecule has 2 heterocycles. The standard InChI is InChI=1S/C17H23ClN2O2/c1-13-5-2-3-8-20(13)15-10-19(11-15)17(21)12-22-16-7-4-6-14(18)9-16/h4,6-7,9,13,15H,2-3,5,8,10-12H2,1H3/t13-/m1/s1. The molecule has 1 atom stereocenters. The van der Waals surface area contributed by atoms with Crippen LogP contribution in [0.25, 0.3) is 0 Å².